The molecule has 300 valence electrons. The summed E-state index contributed by atoms with van der Waals surface area (Å²) in [5, 5.41) is 1.65. The smallest absolute Gasteiger partial charge is 0.503 e. The van der Waals surface area contributed by atoms with Crippen molar-refractivity contribution in [2.45, 2.75) is 62.6 Å². The van der Waals surface area contributed by atoms with Crippen molar-refractivity contribution in [3.63, 3.8) is 0 Å². The molecule has 6 aromatic rings. The minimum atomic E-state index is -1.38. The molecule has 13 heteroatoms. The monoisotopic (exact) mass is 790 g/mol. The van der Waals surface area contributed by atoms with Gasteiger partial charge in [0.05, 0.1) is 12.2 Å². The maximum absolute atomic E-state index is 13.9. The van der Waals surface area contributed by atoms with E-state index in [0.29, 0.717) is 74.1 Å². The van der Waals surface area contributed by atoms with Gasteiger partial charge in [-0.1, -0.05) is 60.7 Å². The van der Waals surface area contributed by atoms with Gasteiger partial charge in [0.25, 0.3) is 11.8 Å². The van der Waals surface area contributed by atoms with Crippen LogP contribution in [0.4, 0.5) is 0 Å². The Morgan fingerprint density at radius 2 is 1.63 bits per heavy atom. The highest BCUT2D eigenvalue weighted by Gasteiger charge is 2.52. The van der Waals surface area contributed by atoms with Crippen LogP contribution in [0, 0.1) is 0 Å². The van der Waals surface area contributed by atoms with Gasteiger partial charge in [0.15, 0.2) is 5.60 Å². The number of aromatic amines is 2. The highest BCUT2D eigenvalue weighted by molar-refractivity contribution is 6.64. The van der Waals surface area contributed by atoms with Crippen LogP contribution >= 0.6 is 0 Å². The van der Waals surface area contributed by atoms with Crippen LogP contribution in [0.25, 0.3) is 21.8 Å². The van der Waals surface area contributed by atoms with E-state index >= 15 is 0 Å². The fourth-order valence-electron chi connectivity index (χ4n) is 9.64. The standard InChI is InChI=1S/C46H47BN6O6/c1-45(33-7-6-32-21-40(51-38(32)22-33)43(55)52-15-11-30(12-16-52)31-4-2-3-28(19-31)24-48)44(56)58-47(59-45)34-8-9-35-36(26-50-39(35)23-34)42(54)53-17-13-46(14-18-53)27-57-41-10-5-29(25-49)20-37(41)46/h2-10,19-23,26,30,50-51H,11-18,24-25,27,48-49H2,1H3/t45-/m0/s1. The van der Waals surface area contributed by atoms with Crippen LogP contribution < -0.4 is 21.7 Å². The van der Waals surface area contributed by atoms with Crippen LogP contribution in [-0.2, 0) is 38.2 Å². The summed E-state index contributed by atoms with van der Waals surface area (Å²) in [5.41, 5.74) is 18.9. The Labute approximate surface area is 342 Å². The minimum absolute atomic E-state index is 0.0243. The summed E-state index contributed by atoms with van der Waals surface area (Å²) in [7, 11) is -0.953. The Kier molecular flexibility index (Phi) is 9.15. The molecule has 0 aliphatic carbocycles. The first-order chi connectivity index (χ1) is 28.6. The van der Waals surface area contributed by atoms with Crippen molar-refractivity contribution in [2.75, 3.05) is 32.8 Å². The molecule has 59 heavy (non-hydrogen) atoms. The van der Waals surface area contributed by atoms with E-state index in [0.717, 1.165) is 64.4 Å². The summed E-state index contributed by atoms with van der Waals surface area (Å²) in [5.74, 6) is 0.743. The van der Waals surface area contributed by atoms with E-state index in [9.17, 15) is 14.4 Å². The number of carbonyl (C=O) groups is 3. The number of piperidine rings is 2. The van der Waals surface area contributed by atoms with E-state index in [-0.39, 0.29) is 17.2 Å². The first kappa shape index (κ1) is 37.4. The molecule has 0 bridgehead atoms. The van der Waals surface area contributed by atoms with E-state index in [1.807, 2.05) is 70.5 Å². The second-order valence-corrected chi connectivity index (χ2v) is 16.8. The molecular weight excluding hydrogens is 743 g/mol. The number of likely N-dealkylation sites (tertiary alicyclic amines) is 2. The van der Waals surface area contributed by atoms with Crippen LogP contribution in [0.2, 0.25) is 0 Å². The third-order valence-electron chi connectivity index (χ3n) is 13.4. The number of fused-ring (bicyclic) bond motifs is 4. The van der Waals surface area contributed by atoms with Crippen LogP contribution in [0.1, 0.15) is 87.2 Å². The van der Waals surface area contributed by atoms with Gasteiger partial charge in [-0.15, -0.1) is 0 Å². The number of nitrogens with two attached hydrogens (primary N) is 2. The molecule has 6 heterocycles. The number of nitrogens with zero attached hydrogens (tertiary/aromatic N) is 2. The molecule has 1 spiro atoms. The number of amides is 2. The van der Waals surface area contributed by atoms with Gasteiger partial charge in [-0.05, 0) is 90.5 Å². The molecule has 2 amide bonds. The zero-order valence-corrected chi connectivity index (χ0v) is 33.1. The molecule has 6 N–H and O–H groups in total. The van der Waals surface area contributed by atoms with Crippen molar-refractivity contribution in [3.8, 4) is 5.75 Å². The summed E-state index contributed by atoms with van der Waals surface area (Å²) in [6.45, 7) is 5.92. The third kappa shape index (κ3) is 6.39. The molecule has 4 aromatic carbocycles. The summed E-state index contributed by atoms with van der Waals surface area (Å²) in [4.78, 5) is 51.4. The Bertz CT molecular complexity index is 2640. The SMILES string of the molecule is C[C@@]1(c2ccc3cc(C(=O)N4CCC(c5cccc(CN)c5)CC4)[nH]c3c2)OB(c2ccc3c(C(=O)N4CCC5(CC4)COc4ccc(CN)cc45)c[nH]c3c2)OC1=O. The van der Waals surface area contributed by atoms with E-state index in [1.54, 1.807) is 13.1 Å². The Morgan fingerprint density at radius 3 is 2.42 bits per heavy atom. The first-order valence-corrected chi connectivity index (χ1v) is 20.6. The molecule has 4 aliphatic heterocycles. The number of carbonyl (C=O) groups excluding carboxylic acids is 3. The lowest BCUT2D eigenvalue weighted by molar-refractivity contribution is -0.142. The topological polar surface area (TPSA) is 169 Å². The fourth-order valence-corrected chi connectivity index (χ4v) is 9.64. The highest BCUT2D eigenvalue weighted by atomic mass is 16.7. The quantitative estimate of drug-likeness (QED) is 0.157. The molecule has 0 saturated carbocycles. The number of nitrogens with one attached hydrogen (secondary N) is 2. The molecule has 2 aromatic heterocycles. The van der Waals surface area contributed by atoms with Crippen molar-refractivity contribution < 1.29 is 28.4 Å². The van der Waals surface area contributed by atoms with E-state index in [4.69, 9.17) is 25.5 Å². The Morgan fingerprint density at radius 1 is 0.847 bits per heavy atom. The number of benzene rings is 4. The minimum Gasteiger partial charge on any atom is -0.503 e. The van der Waals surface area contributed by atoms with Gasteiger partial charge in [0.2, 0.25) is 0 Å². The number of hydrogen-bond donors (Lipinski definition) is 4. The Hall–Kier alpha value is -5.89. The van der Waals surface area contributed by atoms with E-state index in [1.165, 1.54) is 11.1 Å². The second kappa shape index (κ2) is 14.4. The van der Waals surface area contributed by atoms with Crippen molar-refractivity contribution in [1.82, 2.24) is 19.8 Å². The molecule has 4 aliphatic rings. The average Bonchev–Trinajstić information content (AvgIpc) is 4.06. The number of ether oxygens (including phenoxy) is 1. The first-order valence-electron chi connectivity index (χ1n) is 20.6. The zero-order chi connectivity index (χ0) is 40.5. The number of aromatic nitrogens is 2. The summed E-state index contributed by atoms with van der Waals surface area (Å²) in [6, 6.07) is 27.7. The lowest BCUT2D eigenvalue weighted by Crippen LogP contribution is -2.46. The van der Waals surface area contributed by atoms with Gasteiger partial charge in [0.1, 0.15) is 11.4 Å². The van der Waals surface area contributed by atoms with Gasteiger partial charge >= 0.3 is 13.1 Å². The van der Waals surface area contributed by atoms with Gasteiger partial charge in [-0.2, -0.15) is 0 Å². The van der Waals surface area contributed by atoms with E-state index < -0.39 is 18.7 Å². The molecule has 12 nitrogen and oxygen atoms in total. The van der Waals surface area contributed by atoms with Gasteiger partial charge < -0.3 is 45.3 Å². The lowest BCUT2D eigenvalue weighted by Gasteiger charge is -2.38. The molecule has 3 saturated heterocycles. The lowest BCUT2D eigenvalue weighted by atomic mass is 9.74. The predicted molar refractivity (Wildman–Crippen MR) is 225 cm³/mol. The van der Waals surface area contributed by atoms with Crippen LogP contribution in [0.3, 0.4) is 0 Å². The molecule has 3 fully saturated rings. The third-order valence-corrected chi connectivity index (χ3v) is 13.4. The van der Waals surface area contributed by atoms with Crippen molar-refractivity contribution >= 4 is 52.2 Å². The predicted octanol–water partition coefficient (Wildman–Crippen LogP) is 5.34. The van der Waals surface area contributed by atoms with Crippen LogP contribution in [0.5, 0.6) is 5.75 Å². The largest absolute Gasteiger partial charge is 0.565 e. The number of H-pyrrole nitrogens is 2. The van der Waals surface area contributed by atoms with Gasteiger partial charge in [0, 0.05) is 78.2 Å². The van der Waals surface area contributed by atoms with Crippen molar-refractivity contribution in [2.24, 2.45) is 11.5 Å². The van der Waals surface area contributed by atoms with Crippen LogP contribution in [0.15, 0.2) is 91.1 Å². The fraction of sp³-hybridized carbons (Fsp3) is 0.326. The van der Waals surface area contributed by atoms with Crippen molar-refractivity contribution in [1.29, 1.82) is 0 Å². The molecule has 10 rings (SSSR count). The summed E-state index contributed by atoms with van der Waals surface area (Å²) < 4.78 is 18.3. The van der Waals surface area contributed by atoms with Gasteiger partial charge in [-0.25, -0.2) is 0 Å². The molecular formula is C46H47BN6O6. The number of hydrogen-bond acceptors (Lipinski definition) is 8. The van der Waals surface area contributed by atoms with Crippen LogP contribution in [-0.4, -0.2) is 77.5 Å². The summed E-state index contributed by atoms with van der Waals surface area (Å²) >= 11 is 0. The zero-order valence-electron chi connectivity index (χ0n) is 33.1. The molecule has 0 radical (unpaired) electrons. The van der Waals surface area contributed by atoms with Gasteiger partial charge in [-0.3, -0.25) is 14.4 Å². The maximum Gasteiger partial charge on any atom is 0.565 e. The van der Waals surface area contributed by atoms with E-state index in [2.05, 4.69) is 34.2 Å². The highest BCUT2D eigenvalue weighted by Crippen LogP contribution is 2.46. The molecule has 0 unspecified atom stereocenters. The van der Waals surface area contributed by atoms with Crippen molar-refractivity contribution in [3.05, 3.63) is 130 Å². The normalized spacial score (nSPS) is 20.4. The average molecular weight is 791 g/mol. The number of rotatable bonds is 7. The maximum atomic E-state index is 13.9. The summed E-state index contributed by atoms with van der Waals surface area (Å²) in [6.07, 6.45) is 5.17. The second-order valence-electron chi connectivity index (χ2n) is 16.8. The Balaban J connectivity index is 0.801. The molecule has 1 atom stereocenters.